The van der Waals surface area contributed by atoms with Crippen molar-refractivity contribution in [2.24, 2.45) is 0 Å². The first-order chi connectivity index (χ1) is 9.00. The summed E-state index contributed by atoms with van der Waals surface area (Å²) in [7, 11) is 0. The van der Waals surface area contributed by atoms with Gasteiger partial charge >= 0.3 is 0 Å². The maximum Gasteiger partial charge on any atom is 0.0406 e. The van der Waals surface area contributed by atoms with Crippen LogP contribution in [0.5, 0.6) is 0 Å². The van der Waals surface area contributed by atoms with Crippen molar-refractivity contribution in [2.45, 2.75) is 45.2 Å². The van der Waals surface area contributed by atoms with Gasteiger partial charge in [-0.15, -0.1) is 0 Å². The van der Waals surface area contributed by atoms with Gasteiger partial charge in [-0.05, 0) is 44.4 Å². The van der Waals surface area contributed by atoms with Gasteiger partial charge in [0.05, 0.1) is 0 Å². The van der Waals surface area contributed by atoms with E-state index >= 15 is 0 Å². The second kappa shape index (κ2) is 6.25. The molecule has 1 aromatic carbocycles. The minimum atomic E-state index is 0.228. The maximum absolute atomic E-state index is 5.92. The van der Waals surface area contributed by atoms with Gasteiger partial charge in [0.15, 0.2) is 0 Å². The monoisotopic (exact) mass is 280 g/mol. The van der Waals surface area contributed by atoms with Gasteiger partial charge in [0.2, 0.25) is 0 Å². The average molecular weight is 281 g/mol. The lowest BCUT2D eigenvalue weighted by atomic mass is 9.97. The van der Waals surface area contributed by atoms with E-state index in [0.717, 1.165) is 31.1 Å². The van der Waals surface area contributed by atoms with Crippen LogP contribution in [0, 0.1) is 0 Å². The van der Waals surface area contributed by atoms with Crippen LogP contribution in [-0.4, -0.2) is 36.1 Å². The number of nitrogens with one attached hydrogen (secondary N) is 1. The first-order valence-corrected chi connectivity index (χ1v) is 7.61. The second-order valence-corrected chi connectivity index (χ2v) is 6.61. The zero-order valence-electron chi connectivity index (χ0n) is 12.2. The van der Waals surface area contributed by atoms with Crippen LogP contribution in [0.1, 0.15) is 32.8 Å². The molecule has 1 aliphatic heterocycles. The molecule has 1 heterocycles. The SMILES string of the molecule is CCC1CNC(C)(C)CN1CCc1ccc(Cl)cc1. The molecule has 2 nitrogen and oxygen atoms in total. The molecule has 0 aromatic heterocycles. The number of rotatable bonds is 4. The Morgan fingerprint density at radius 1 is 1.32 bits per heavy atom. The quantitative estimate of drug-likeness (QED) is 0.910. The van der Waals surface area contributed by atoms with Gasteiger partial charge in [-0.3, -0.25) is 4.90 Å². The molecule has 1 N–H and O–H groups in total. The Morgan fingerprint density at radius 2 is 2.00 bits per heavy atom. The fraction of sp³-hybridized carbons (Fsp3) is 0.625. The van der Waals surface area contributed by atoms with Crippen LogP contribution in [0.25, 0.3) is 0 Å². The molecule has 3 heteroatoms. The lowest BCUT2D eigenvalue weighted by Crippen LogP contribution is -2.61. The summed E-state index contributed by atoms with van der Waals surface area (Å²) in [5, 5.41) is 4.45. The predicted octanol–water partition coefficient (Wildman–Crippen LogP) is 3.34. The van der Waals surface area contributed by atoms with E-state index in [2.05, 4.69) is 43.1 Å². The Balaban J connectivity index is 1.94. The standard InChI is InChI=1S/C16H25ClN2/c1-4-15-11-18-16(2,3)12-19(15)10-9-13-5-7-14(17)8-6-13/h5-8,15,18H,4,9-12H2,1-3H3. The van der Waals surface area contributed by atoms with Crippen molar-refractivity contribution in [3.05, 3.63) is 34.9 Å². The third-order valence-electron chi connectivity index (χ3n) is 4.00. The third-order valence-corrected chi connectivity index (χ3v) is 4.26. The van der Waals surface area contributed by atoms with Crippen molar-refractivity contribution in [2.75, 3.05) is 19.6 Å². The van der Waals surface area contributed by atoms with E-state index in [0.29, 0.717) is 6.04 Å². The molecule has 0 amide bonds. The van der Waals surface area contributed by atoms with E-state index in [-0.39, 0.29) is 5.54 Å². The Morgan fingerprint density at radius 3 is 2.63 bits per heavy atom. The van der Waals surface area contributed by atoms with Crippen molar-refractivity contribution < 1.29 is 0 Å². The van der Waals surface area contributed by atoms with Gasteiger partial charge in [0, 0.05) is 36.2 Å². The molecule has 1 aromatic rings. The van der Waals surface area contributed by atoms with Crippen LogP contribution < -0.4 is 5.32 Å². The normalized spacial score (nSPS) is 23.5. The highest BCUT2D eigenvalue weighted by Crippen LogP contribution is 2.18. The van der Waals surface area contributed by atoms with Gasteiger partial charge in [0.25, 0.3) is 0 Å². The van der Waals surface area contributed by atoms with Crippen LogP contribution >= 0.6 is 11.6 Å². The van der Waals surface area contributed by atoms with Gasteiger partial charge in [-0.1, -0.05) is 30.7 Å². The molecule has 106 valence electrons. The molecule has 1 fully saturated rings. The Bertz CT molecular complexity index is 400. The number of nitrogens with zero attached hydrogens (tertiary/aromatic N) is 1. The van der Waals surface area contributed by atoms with Crippen LogP contribution in [0.3, 0.4) is 0 Å². The summed E-state index contributed by atoms with van der Waals surface area (Å²) < 4.78 is 0. The molecule has 2 rings (SSSR count). The Hall–Kier alpha value is -0.570. The van der Waals surface area contributed by atoms with Crippen molar-refractivity contribution in [3.63, 3.8) is 0 Å². The van der Waals surface area contributed by atoms with Crippen LogP contribution in [-0.2, 0) is 6.42 Å². The molecule has 1 unspecified atom stereocenters. The average Bonchev–Trinajstić information content (AvgIpc) is 2.37. The second-order valence-electron chi connectivity index (χ2n) is 6.17. The summed E-state index contributed by atoms with van der Waals surface area (Å²) in [6.07, 6.45) is 2.31. The van der Waals surface area contributed by atoms with Gasteiger partial charge in [-0.25, -0.2) is 0 Å². The first kappa shape index (κ1) is 14.8. The van der Waals surface area contributed by atoms with Gasteiger partial charge < -0.3 is 5.32 Å². The smallest absolute Gasteiger partial charge is 0.0406 e. The van der Waals surface area contributed by atoms with E-state index in [1.807, 2.05) is 12.1 Å². The third kappa shape index (κ3) is 4.20. The Kier molecular flexibility index (Phi) is 4.88. The minimum absolute atomic E-state index is 0.228. The first-order valence-electron chi connectivity index (χ1n) is 7.24. The summed E-state index contributed by atoms with van der Waals surface area (Å²) in [4.78, 5) is 2.63. The lowest BCUT2D eigenvalue weighted by molar-refractivity contribution is 0.0939. The molecular weight excluding hydrogens is 256 g/mol. The van der Waals surface area contributed by atoms with Crippen LogP contribution in [0.4, 0.5) is 0 Å². The fourth-order valence-corrected chi connectivity index (χ4v) is 2.93. The molecule has 0 spiro atoms. The predicted molar refractivity (Wildman–Crippen MR) is 82.9 cm³/mol. The van der Waals surface area contributed by atoms with E-state index in [9.17, 15) is 0 Å². The zero-order valence-corrected chi connectivity index (χ0v) is 13.0. The van der Waals surface area contributed by atoms with Gasteiger partial charge in [-0.2, -0.15) is 0 Å². The zero-order chi connectivity index (χ0) is 13.9. The minimum Gasteiger partial charge on any atom is -0.309 e. The number of benzene rings is 1. The summed E-state index contributed by atoms with van der Waals surface area (Å²) in [6, 6.07) is 8.90. The van der Waals surface area contributed by atoms with Gasteiger partial charge in [0.1, 0.15) is 0 Å². The van der Waals surface area contributed by atoms with Crippen molar-refractivity contribution in [1.82, 2.24) is 10.2 Å². The summed E-state index contributed by atoms with van der Waals surface area (Å²) >= 11 is 5.92. The summed E-state index contributed by atoms with van der Waals surface area (Å²) in [5.41, 5.74) is 1.60. The highest BCUT2D eigenvalue weighted by Gasteiger charge is 2.30. The Labute approximate surface area is 122 Å². The highest BCUT2D eigenvalue weighted by molar-refractivity contribution is 6.30. The number of piperazine rings is 1. The van der Waals surface area contributed by atoms with E-state index in [4.69, 9.17) is 11.6 Å². The summed E-state index contributed by atoms with van der Waals surface area (Å²) in [5.74, 6) is 0. The van der Waals surface area contributed by atoms with E-state index in [1.165, 1.54) is 12.0 Å². The van der Waals surface area contributed by atoms with Crippen LogP contribution in [0.2, 0.25) is 5.02 Å². The highest BCUT2D eigenvalue weighted by atomic mass is 35.5. The summed E-state index contributed by atoms with van der Waals surface area (Å²) in [6.45, 7) is 10.2. The van der Waals surface area contributed by atoms with Crippen molar-refractivity contribution in [3.8, 4) is 0 Å². The van der Waals surface area contributed by atoms with Crippen LogP contribution in [0.15, 0.2) is 24.3 Å². The number of hydrogen-bond acceptors (Lipinski definition) is 2. The molecule has 1 aliphatic rings. The van der Waals surface area contributed by atoms with Crippen molar-refractivity contribution in [1.29, 1.82) is 0 Å². The fourth-order valence-electron chi connectivity index (χ4n) is 2.80. The molecule has 19 heavy (non-hydrogen) atoms. The number of halogens is 1. The molecule has 0 saturated carbocycles. The molecular formula is C16H25ClN2. The molecule has 1 saturated heterocycles. The van der Waals surface area contributed by atoms with E-state index < -0.39 is 0 Å². The molecule has 0 radical (unpaired) electrons. The topological polar surface area (TPSA) is 15.3 Å². The largest absolute Gasteiger partial charge is 0.309 e. The number of hydrogen-bond donors (Lipinski definition) is 1. The van der Waals surface area contributed by atoms with Crippen molar-refractivity contribution >= 4 is 11.6 Å². The molecule has 0 bridgehead atoms. The molecule has 0 aliphatic carbocycles. The molecule has 1 atom stereocenters. The maximum atomic E-state index is 5.92. The van der Waals surface area contributed by atoms with E-state index in [1.54, 1.807) is 0 Å². The lowest BCUT2D eigenvalue weighted by Gasteiger charge is -2.44.